The largest absolute Gasteiger partial charge is 0.383 e. The number of amides is 2. The van der Waals surface area contributed by atoms with Gasteiger partial charge in [0.15, 0.2) is 0 Å². The third-order valence-corrected chi connectivity index (χ3v) is 6.10. The number of piperidine rings is 2. The van der Waals surface area contributed by atoms with Gasteiger partial charge < -0.3 is 19.1 Å². The molecule has 1 unspecified atom stereocenters. The van der Waals surface area contributed by atoms with Gasteiger partial charge in [0.25, 0.3) is 0 Å². The van der Waals surface area contributed by atoms with Gasteiger partial charge in [0, 0.05) is 57.1 Å². The van der Waals surface area contributed by atoms with Crippen LogP contribution in [0.15, 0.2) is 4.52 Å². The normalized spacial score (nSPS) is 23.3. The lowest BCUT2D eigenvalue weighted by Gasteiger charge is -2.48. The zero-order chi connectivity index (χ0) is 19.4. The van der Waals surface area contributed by atoms with Crippen LogP contribution in [0.25, 0.3) is 0 Å². The molecule has 2 fully saturated rings. The average molecular weight is 377 g/mol. The standard InChI is InChI=1S/C20H31N3O4/c1-15-17(16(2)27-21-15)5-6-18(24)22-10-4-8-20(13-22)9-7-19(25)23(14-20)11-12-26-3/h4-14H2,1-3H3. The van der Waals surface area contributed by atoms with E-state index in [4.69, 9.17) is 9.26 Å². The number of carbonyl (C=O) groups is 2. The van der Waals surface area contributed by atoms with Gasteiger partial charge in [0.2, 0.25) is 11.8 Å². The lowest BCUT2D eigenvalue weighted by molar-refractivity contribution is -0.143. The molecule has 0 aromatic carbocycles. The Morgan fingerprint density at radius 3 is 2.81 bits per heavy atom. The van der Waals surface area contributed by atoms with Gasteiger partial charge in [0.1, 0.15) is 5.76 Å². The molecule has 150 valence electrons. The van der Waals surface area contributed by atoms with E-state index in [0.29, 0.717) is 32.4 Å². The second-order valence-corrected chi connectivity index (χ2v) is 8.03. The molecule has 3 rings (SSSR count). The van der Waals surface area contributed by atoms with Gasteiger partial charge in [-0.3, -0.25) is 9.59 Å². The predicted molar refractivity (Wildman–Crippen MR) is 100 cm³/mol. The van der Waals surface area contributed by atoms with Crippen LogP contribution in [0.4, 0.5) is 0 Å². The van der Waals surface area contributed by atoms with Crippen molar-refractivity contribution in [3.05, 3.63) is 17.0 Å². The molecule has 2 saturated heterocycles. The van der Waals surface area contributed by atoms with Gasteiger partial charge in [-0.15, -0.1) is 0 Å². The predicted octanol–water partition coefficient (Wildman–Crippen LogP) is 2.10. The molecule has 7 nitrogen and oxygen atoms in total. The van der Waals surface area contributed by atoms with E-state index in [-0.39, 0.29) is 17.2 Å². The van der Waals surface area contributed by atoms with Crippen LogP contribution in [0.2, 0.25) is 0 Å². The monoisotopic (exact) mass is 377 g/mol. The highest BCUT2D eigenvalue weighted by Gasteiger charge is 2.42. The summed E-state index contributed by atoms with van der Waals surface area (Å²) in [5.74, 6) is 1.20. The molecule has 1 aromatic heterocycles. The molecule has 0 bridgehead atoms. The van der Waals surface area contributed by atoms with E-state index in [2.05, 4.69) is 5.16 Å². The zero-order valence-electron chi connectivity index (χ0n) is 16.8. The third kappa shape index (κ3) is 4.51. The zero-order valence-corrected chi connectivity index (χ0v) is 16.8. The topological polar surface area (TPSA) is 75.9 Å². The first kappa shape index (κ1) is 19.9. The average Bonchev–Trinajstić information content (AvgIpc) is 2.98. The Bertz CT molecular complexity index is 667. The maximum Gasteiger partial charge on any atom is 0.222 e. The number of carbonyl (C=O) groups excluding carboxylic acids is 2. The number of ether oxygens (including phenoxy) is 1. The third-order valence-electron chi connectivity index (χ3n) is 6.10. The Morgan fingerprint density at radius 2 is 2.11 bits per heavy atom. The summed E-state index contributed by atoms with van der Waals surface area (Å²) < 4.78 is 10.3. The number of hydrogen-bond donors (Lipinski definition) is 0. The molecule has 27 heavy (non-hydrogen) atoms. The first-order valence-electron chi connectivity index (χ1n) is 9.90. The second-order valence-electron chi connectivity index (χ2n) is 8.03. The van der Waals surface area contributed by atoms with Crippen molar-refractivity contribution in [3.63, 3.8) is 0 Å². The maximum atomic E-state index is 12.8. The highest BCUT2D eigenvalue weighted by Crippen LogP contribution is 2.39. The van der Waals surface area contributed by atoms with Gasteiger partial charge in [-0.1, -0.05) is 5.16 Å². The highest BCUT2D eigenvalue weighted by molar-refractivity contribution is 5.78. The summed E-state index contributed by atoms with van der Waals surface area (Å²) in [6.07, 6.45) is 4.68. The first-order chi connectivity index (χ1) is 12.9. The summed E-state index contributed by atoms with van der Waals surface area (Å²) in [6.45, 7) is 7.31. The van der Waals surface area contributed by atoms with Crippen molar-refractivity contribution in [2.75, 3.05) is 39.9 Å². The molecular weight excluding hydrogens is 346 g/mol. The smallest absolute Gasteiger partial charge is 0.222 e. The summed E-state index contributed by atoms with van der Waals surface area (Å²) in [7, 11) is 1.66. The van der Waals surface area contributed by atoms with E-state index in [9.17, 15) is 9.59 Å². The van der Waals surface area contributed by atoms with Crippen molar-refractivity contribution in [3.8, 4) is 0 Å². The van der Waals surface area contributed by atoms with Crippen LogP contribution in [0.1, 0.15) is 49.1 Å². The number of hydrogen-bond acceptors (Lipinski definition) is 5. The number of aryl methyl sites for hydroxylation is 2. The molecule has 1 aromatic rings. The fourth-order valence-corrected chi connectivity index (χ4v) is 4.51. The summed E-state index contributed by atoms with van der Waals surface area (Å²) in [5.41, 5.74) is 1.96. The summed E-state index contributed by atoms with van der Waals surface area (Å²) >= 11 is 0. The second kappa shape index (κ2) is 8.42. The van der Waals surface area contributed by atoms with Crippen LogP contribution >= 0.6 is 0 Å². The van der Waals surface area contributed by atoms with Crippen molar-refractivity contribution >= 4 is 11.8 Å². The van der Waals surface area contributed by atoms with Crippen molar-refractivity contribution < 1.29 is 18.8 Å². The maximum absolute atomic E-state index is 12.8. The van der Waals surface area contributed by atoms with Crippen LogP contribution in [0.3, 0.4) is 0 Å². The van der Waals surface area contributed by atoms with Crippen molar-refractivity contribution in [2.24, 2.45) is 5.41 Å². The van der Waals surface area contributed by atoms with Crippen molar-refractivity contribution in [1.82, 2.24) is 15.0 Å². The van der Waals surface area contributed by atoms with E-state index in [1.165, 1.54) is 0 Å². The SMILES string of the molecule is COCCN1CC2(CCCN(C(=O)CCc3c(C)noc3C)C2)CCC1=O. The van der Waals surface area contributed by atoms with Gasteiger partial charge in [-0.25, -0.2) is 0 Å². The molecule has 2 amide bonds. The highest BCUT2D eigenvalue weighted by atomic mass is 16.5. The lowest BCUT2D eigenvalue weighted by atomic mass is 9.73. The van der Waals surface area contributed by atoms with Crippen molar-refractivity contribution in [2.45, 2.75) is 52.4 Å². The van der Waals surface area contributed by atoms with Crippen LogP contribution in [0, 0.1) is 19.3 Å². The Labute approximate surface area is 161 Å². The number of methoxy groups -OCH3 is 1. The number of aromatic nitrogens is 1. The van der Waals surface area contributed by atoms with E-state index in [1.54, 1.807) is 7.11 Å². The molecule has 0 aliphatic carbocycles. The molecule has 1 atom stereocenters. The minimum Gasteiger partial charge on any atom is -0.383 e. The van der Waals surface area contributed by atoms with E-state index in [0.717, 1.165) is 55.9 Å². The molecule has 0 saturated carbocycles. The minimum atomic E-state index is 0.0403. The Hall–Kier alpha value is -1.89. The number of nitrogens with zero attached hydrogens (tertiary/aromatic N) is 3. The van der Waals surface area contributed by atoms with Gasteiger partial charge in [-0.2, -0.15) is 0 Å². The summed E-state index contributed by atoms with van der Waals surface area (Å²) in [5, 5.41) is 3.97. The number of likely N-dealkylation sites (tertiary alicyclic amines) is 2. The quantitative estimate of drug-likeness (QED) is 0.759. The molecule has 3 heterocycles. The number of rotatable bonds is 6. The van der Waals surface area contributed by atoms with Gasteiger partial charge >= 0.3 is 0 Å². The van der Waals surface area contributed by atoms with Crippen LogP contribution in [-0.2, 0) is 20.7 Å². The van der Waals surface area contributed by atoms with Gasteiger partial charge in [-0.05, 0) is 39.5 Å². The van der Waals surface area contributed by atoms with Crippen LogP contribution in [0.5, 0.6) is 0 Å². The Morgan fingerprint density at radius 1 is 1.30 bits per heavy atom. The van der Waals surface area contributed by atoms with Crippen LogP contribution in [-0.4, -0.2) is 66.7 Å². The van der Waals surface area contributed by atoms with Gasteiger partial charge in [0.05, 0.1) is 12.3 Å². The fraction of sp³-hybridized carbons (Fsp3) is 0.750. The molecule has 1 spiro atoms. The Kier molecular flexibility index (Phi) is 6.19. The molecular formula is C20H31N3O4. The summed E-state index contributed by atoms with van der Waals surface area (Å²) in [4.78, 5) is 29.0. The molecule has 7 heteroatoms. The first-order valence-corrected chi connectivity index (χ1v) is 9.90. The van der Waals surface area contributed by atoms with E-state index in [1.807, 2.05) is 23.6 Å². The lowest BCUT2D eigenvalue weighted by Crippen LogP contribution is -2.55. The minimum absolute atomic E-state index is 0.0403. The fourth-order valence-electron chi connectivity index (χ4n) is 4.51. The molecule has 0 radical (unpaired) electrons. The molecule has 2 aliphatic rings. The van der Waals surface area contributed by atoms with E-state index < -0.39 is 0 Å². The molecule has 2 aliphatic heterocycles. The summed E-state index contributed by atoms with van der Waals surface area (Å²) in [6, 6.07) is 0. The molecule has 0 N–H and O–H groups in total. The van der Waals surface area contributed by atoms with E-state index >= 15 is 0 Å². The Balaban J connectivity index is 1.59. The van der Waals surface area contributed by atoms with Crippen LogP contribution < -0.4 is 0 Å². The van der Waals surface area contributed by atoms with Crippen molar-refractivity contribution in [1.29, 1.82) is 0 Å².